The molecule has 1 heterocycles. The number of hydrogen-bond donors (Lipinski definition) is 0. The molecule has 0 unspecified atom stereocenters. The van der Waals surface area contributed by atoms with Crippen molar-refractivity contribution in [2.45, 2.75) is 13.5 Å². The molecular formula is C24H19BrO4. The molecule has 3 aromatic rings. The maximum Gasteiger partial charge on any atom is 0.231 e. The van der Waals surface area contributed by atoms with Crippen molar-refractivity contribution >= 4 is 27.8 Å². The summed E-state index contributed by atoms with van der Waals surface area (Å²) in [5, 5.41) is 0. The summed E-state index contributed by atoms with van der Waals surface area (Å²) in [5.74, 6) is 2.23. The van der Waals surface area contributed by atoms with Crippen LogP contribution in [-0.4, -0.2) is 12.9 Å². The van der Waals surface area contributed by atoms with Gasteiger partial charge in [-0.3, -0.25) is 4.79 Å². The van der Waals surface area contributed by atoms with E-state index in [0.717, 1.165) is 26.9 Å². The predicted molar refractivity (Wildman–Crippen MR) is 116 cm³/mol. The van der Waals surface area contributed by atoms with Gasteiger partial charge >= 0.3 is 0 Å². The fourth-order valence-corrected chi connectivity index (χ4v) is 3.54. The van der Waals surface area contributed by atoms with E-state index in [1.807, 2.05) is 61.5 Å². The van der Waals surface area contributed by atoms with Crippen LogP contribution in [-0.2, 0) is 6.61 Å². The Kier molecular flexibility index (Phi) is 5.41. The van der Waals surface area contributed by atoms with Crippen LogP contribution >= 0.6 is 15.9 Å². The van der Waals surface area contributed by atoms with E-state index < -0.39 is 0 Å². The fourth-order valence-electron chi connectivity index (χ4n) is 3.14. The van der Waals surface area contributed by atoms with Gasteiger partial charge in [0.15, 0.2) is 5.76 Å². The smallest absolute Gasteiger partial charge is 0.231 e. The summed E-state index contributed by atoms with van der Waals surface area (Å²) in [6, 6.07) is 19.0. The highest BCUT2D eigenvalue weighted by molar-refractivity contribution is 9.10. The summed E-state index contributed by atoms with van der Waals surface area (Å²) in [5.41, 5.74) is 3.27. The molecule has 0 radical (unpaired) electrons. The van der Waals surface area contributed by atoms with Crippen LogP contribution in [0, 0.1) is 6.92 Å². The molecule has 0 N–H and O–H groups in total. The van der Waals surface area contributed by atoms with Crippen LogP contribution in [0.3, 0.4) is 0 Å². The minimum Gasteiger partial charge on any atom is -0.497 e. The topological polar surface area (TPSA) is 44.8 Å². The third-order valence-corrected chi connectivity index (χ3v) is 5.50. The number of Topliss-reactive ketones (excluding diaryl/α,β-unsaturated/α-hetero) is 1. The number of carbonyl (C=O) groups is 1. The zero-order valence-corrected chi connectivity index (χ0v) is 17.7. The number of ether oxygens (including phenoxy) is 3. The van der Waals surface area contributed by atoms with Crippen molar-refractivity contribution in [3.63, 3.8) is 0 Å². The normalized spacial score (nSPS) is 13.9. The van der Waals surface area contributed by atoms with Crippen molar-refractivity contribution in [3.8, 4) is 17.2 Å². The maximum atomic E-state index is 12.8. The van der Waals surface area contributed by atoms with Gasteiger partial charge in [0.25, 0.3) is 0 Å². The molecular weight excluding hydrogens is 432 g/mol. The van der Waals surface area contributed by atoms with Crippen LogP contribution < -0.4 is 14.2 Å². The Balaban J connectivity index is 1.55. The van der Waals surface area contributed by atoms with Gasteiger partial charge in [-0.15, -0.1) is 0 Å². The summed E-state index contributed by atoms with van der Waals surface area (Å²) in [4.78, 5) is 12.8. The lowest BCUT2D eigenvalue weighted by molar-refractivity contribution is 0.101. The minimum absolute atomic E-state index is 0.124. The van der Waals surface area contributed by atoms with E-state index in [0.29, 0.717) is 29.4 Å². The van der Waals surface area contributed by atoms with Gasteiger partial charge in [0.05, 0.1) is 12.7 Å². The number of fused-ring (bicyclic) bond motifs is 1. The zero-order chi connectivity index (χ0) is 20.4. The van der Waals surface area contributed by atoms with Crippen LogP contribution in [0.2, 0.25) is 0 Å². The maximum absolute atomic E-state index is 12.8. The van der Waals surface area contributed by atoms with Crippen LogP contribution in [0.25, 0.3) is 6.08 Å². The first-order chi connectivity index (χ1) is 14.1. The SMILES string of the molecule is COc1ccc(COc2ccc3c(c2C)O/C(=C\c2ccccc2Br)C3=O)cc1. The highest BCUT2D eigenvalue weighted by Gasteiger charge is 2.30. The zero-order valence-electron chi connectivity index (χ0n) is 16.1. The van der Waals surface area contributed by atoms with Gasteiger partial charge < -0.3 is 14.2 Å². The lowest BCUT2D eigenvalue weighted by Crippen LogP contribution is -1.98. The molecule has 1 aliphatic heterocycles. The summed E-state index contributed by atoms with van der Waals surface area (Å²) in [6.45, 7) is 2.31. The van der Waals surface area contributed by atoms with Crippen molar-refractivity contribution in [3.05, 3.63) is 93.1 Å². The van der Waals surface area contributed by atoms with Gasteiger partial charge in [-0.1, -0.05) is 46.3 Å². The minimum atomic E-state index is -0.124. The van der Waals surface area contributed by atoms with Crippen LogP contribution in [0.1, 0.15) is 27.0 Å². The lowest BCUT2D eigenvalue weighted by Gasteiger charge is -2.12. The largest absolute Gasteiger partial charge is 0.497 e. The Morgan fingerprint density at radius 1 is 1.03 bits per heavy atom. The summed E-state index contributed by atoms with van der Waals surface area (Å²) < 4.78 is 18.0. The average Bonchev–Trinajstić information content (AvgIpc) is 3.06. The summed E-state index contributed by atoms with van der Waals surface area (Å²) in [6.07, 6.45) is 1.75. The molecule has 0 fully saturated rings. The molecule has 0 saturated heterocycles. The molecule has 0 saturated carbocycles. The van der Waals surface area contributed by atoms with Crippen molar-refractivity contribution < 1.29 is 19.0 Å². The number of methoxy groups -OCH3 is 1. The third kappa shape index (κ3) is 3.91. The molecule has 0 atom stereocenters. The number of rotatable bonds is 5. The highest BCUT2D eigenvalue weighted by Crippen LogP contribution is 2.39. The van der Waals surface area contributed by atoms with Gasteiger partial charge in [-0.2, -0.15) is 0 Å². The van der Waals surface area contributed by atoms with Crippen molar-refractivity contribution in [2.24, 2.45) is 0 Å². The Bertz CT molecular complexity index is 1100. The van der Waals surface area contributed by atoms with Crippen molar-refractivity contribution in [1.29, 1.82) is 0 Å². The van der Waals surface area contributed by atoms with E-state index in [1.165, 1.54) is 0 Å². The second-order valence-corrected chi connectivity index (χ2v) is 7.52. The number of halogens is 1. The first-order valence-electron chi connectivity index (χ1n) is 9.15. The second-order valence-electron chi connectivity index (χ2n) is 6.66. The molecule has 0 aliphatic carbocycles. The van der Waals surface area contributed by atoms with Gasteiger partial charge in [-0.25, -0.2) is 0 Å². The van der Waals surface area contributed by atoms with E-state index >= 15 is 0 Å². The average molecular weight is 451 g/mol. The molecule has 4 rings (SSSR count). The molecule has 4 nitrogen and oxygen atoms in total. The molecule has 146 valence electrons. The quantitative estimate of drug-likeness (QED) is 0.449. The first kappa shape index (κ1) is 19.3. The molecule has 1 aliphatic rings. The van der Waals surface area contributed by atoms with E-state index in [4.69, 9.17) is 14.2 Å². The number of benzene rings is 3. The Hall–Kier alpha value is -3.05. The van der Waals surface area contributed by atoms with Gasteiger partial charge in [0, 0.05) is 10.0 Å². The summed E-state index contributed by atoms with van der Waals surface area (Å²) in [7, 11) is 1.64. The fraction of sp³-hybridized carbons (Fsp3) is 0.125. The Labute approximate surface area is 177 Å². The van der Waals surface area contributed by atoms with E-state index in [2.05, 4.69) is 15.9 Å². The third-order valence-electron chi connectivity index (χ3n) is 4.78. The predicted octanol–water partition coefficient (Wildman–Crippen LogP) is 5.96. The van der Waals surface area contributed by atoms with Gasteiger partial charge in [0.2, 0.25) is 5.78 Å². The van der Waals surface area contributed by atoms with Crippen LogP contribution in [0.15, 0.2) is 70.9 Å². The van der Waals surface area contributed by atoms with Crippen LogP contribution in [0.5, 0.6) is 17.2 Å². The number of ketones is 1. The molecule has 29 heavy (non-hydrogen) atoms. The van der Waals surface area contributed by atoms with Gasteiger partial charge in [-0.05, 0) is 54.5 Å². The van der Waals surface area contributed by atoms with Crippen molar-refractivity contribution in [2.75, 3.05) is 7.11 Å². The standard InChI is InChI=1S/C24H19BrO4/c1-15-21(28-14-16-7-9-18(27-2)10-8-16)12-11-19-23(26)22(29-24(15)19)13-17-5-3-4-6-20(17)25/h3-13H,14H2,1-2H3/b22-13-. The number of carbonyl (C=O) groups excluding carboxylic acids is 1. The van der Waals surface area contributed by atoms with Crippen LogP contribution in [0.4, 0.5) is 0 Å². The molecule has 0 aromatic heterocycles. The van der Waals surface area contributed by atoms with E-state index in [9.17, 15) is 4.79 Å². The Morgan fingerprint density at radius 2 is 1.79 bits per heavy atom. The molecule has 3 aromatic carbocycles. The first-order valence-corrected chi connectivity index (χ1v) is 9.94. The number of hydrogen-bond acceptors (Lipinski definition) is 4. The van der Waals surface area contributed by atoms with E-state index in [1.54, 1.807) is 19.3 Å². The lowest BCUT2D eigenvalue weighted by atomic mass is 10.1. The molecule has 5 heteroatoms. The Morgan fingerprint density at radius 3 is 2.52 bits per heavy atom. The van der Waals surface area contributed by atoms with E-state index in [-0.39, 0.29) is 5.78 Å². The number of allylic oxidation sites excluding steroid dienone is 1. The summed E-state index contributed by atoms with van der Waals surface area (Å²) >= 11 is 3.50. The monoisotopic (exact) mass is 450 g/mol. The highest BCUT2D eigenvalue weighted by atomic mass is 79.9. The van der Waals surface area contributed by atoms with Gasteiger partial charge in [0.1, 0.15) is 23.9 Å². The molecule has 0 spiro atoms. The molecule has 0 bridgehead atoms. The molecule has 0 amide bonds. The van der Waals surface area contributed by atoms with Crippen molar-refractivity contribution in [1.82, 2.24) is 0 Å². The second kappa shape index (κ2) is 8.13.